The summed E-state index contributed by atoms with van der Waals surface area (Å²) in [4.78, 5) is 14.4. The highest BCUT2D eigenvalue weighted by molar-refractivity contribution is 8.14. The number of benzene rings is 6. The van der Waals surface area contributed by atoms with E-state index >= 15 is 0 Å². The van der Waals surface area contributed by atoms with E-state index in [1.54, 1.807) is 48.5 Å². The van der Waals surface area contributed by atoms with Gasteiger partial charge in [-0.05, 0) is 79.2 Å². The van der Waals surface area contributed by atoms with Crippen LogP contribution in [0.25, 0.3) is 43.8 Å². The van der Waals surface area contributed by atoms with E-state index in [1.165, 1.54) is 24.3 Å². The molecule has 0 bridgehead atoms. The molecule has 6 rings (SSSR count). The molecule has 0 atom stereocenters. The highest BCUT2D eigenvalue weighted by Gasteiger charge is 2.22. The molecule has 0 aliphatic heterocycles. The molecular weight excluding hydrogens is 706 g/mol. The summed E-state index contributed by atoms with van der Waals surface area (Å²) in [6, 6.07) is 30.9. The third-order valence-corrected chi connectivity index (χ3v) is 11.2. The summed E-state index contributed by atoms with van der Waals surface area (Å²) in [5.41, 5.74) is 5.19. The van der Waals surface area contributed by atoms with Gasteiger partial charge >= 0.3 is 0 Å². The second-order valence-corrected chi connectivity index (χ2v) is 16.2. The molecule has 232 valence electrons. The summed E-state index contributed by atoms with van der Waals surface area (Å²) in [5, 5.41) is 2.78. The van der Waals surface area contributed by atoms with Crippen molar-refractivity contribution in [2.45, 2.75) is 21.6 Å². The van der Waals surface area contributed by atoms with Gasteiger partial charge < -0.3 is 0 Å². The molecule has 6 aromatic rings. The Morgan fingerprint density at radius 3 is 1.26 bits per heavy atom. The van der Waals surface area contributed by atoms with Gasteiger partial charge in [0.2, 0.25) is 0 Å². The molecule has 5 nitrogen and oxygen atoms in total. The molecule has 0 unspecified atom stereocenters. The van der Waals surface area contributed by atoms with Crippen LogP contribution in [-0.2, 0) is 29.9 Å². The van der Waals surface area contributed by atoms with E-state index in [1.807, 2.05) is 36.4 Å². The summed E-state index contributed by atoms with van der Waals surface area (Å²) in [6.07, 6.45) is 0. The zero-order chi connectivity index (χ0) is 32.8. The van der Waals surface area contributed by atoms with Crippen LogP contribution in [0.15, 0.2) is 119 Å². The van der Waals surface area contributed by atoms with Crippen LogP contribution in [0.3, 0.4) is 0 Å². The van der Waals surface area contributed by atoms with Gasteiger partial charge in [0.05, 0.1) is 9.79 Å². The van der Waals surface area contributed by atoms with E-state index in [9.17, 15) is 21.6 Å². The maximum absolute atomic E-state index is 14.4. The topological polar surface area (TPSA) is 85.3 Å². The number of rotatable bonds is 8. The molecule has 0 radical (unpaired) electrons. The molecule has 0 aliphatic carbocycles. The van der Waals surface area contributed by atoms with Crippen LogP contribution in [0.4, 0.5) is 0 Å². The monoisotopic (exact) mass is 726 g/mol. The molecule has 46 heavy (non-hydrogen) atoms. The van der Waals surface area contributed by atoms with Crippen molar-refractivity contribution in [2.75, 3.05) is 0 Å². The quantitative estimate of drug-likeness (QED) is 0.0885. The molecule has 0 aromatic heterocycles. The number of carbonyl (C=O) groups is 1. The summed E-state index contributed by atoms with van der Waals surface area (Å²) in [7, 11) is 3.31. The van der Waals surface area contributed by atoms with Crippen LogP contribution in [0.1, 0.15) is 27.0 Å². The second kappa shape index (κ2) is 12.6. The molecular formula is C35H22Cl4O5S2. The van der Waals surface area contributed by atoms with E-state index in [0.717, 1.165) is 33.0 Å². The van der Waals surface area contributed by atoms with E-state index in [-0.39, 0.29) is 27.3 Å². The van der Waals surface area contributed by atoms with E-state index in [0.29, 0.717) is 33.0 Å². The average molecular weight is 729 g/mol. The van der Waals surface area contributed by atoms with E-state index in [2.05, 4.69) is 0 Å². The first-order chi connectivity index (χ1) is 21.9. The number of hydrogen-bond acceptors (Lipinski definition) is 5. The smallest absolute Gasteiger partial charge is 0.261 e. The van der Waals surface area contributed by atoms with Gasteiger partial charge in [-0.25, -0.2) is 16.8 Å². The average Bonchev–Trinajstić information content (AvgIpc) is 3.05. The van der Waals surface area contributed by atoms with Crippen molar-refractivity contribution < 1.29 is 21.6 Å². The summed E-state index contributed by atoms with van der Waals surface area (Å²) in [6.45, 7) is 0. The van der Waals surface area contributed by atoms with Gasteiger partial charge in [-0.2, -0.15) is 0 Å². The summed E-state index contributed by atoms with van der Waals surface area (Å²) in [5.74, 6) is 0.00293. The molecule has 6 aromatic carbocycles. The fourth-order valence-electron chi connectivity index (χ4n) is 5.82. The third kappa shape index (κ3) is 6.04. The van der Waals surface area contributed by atoms with Gasteiger partial charge in [-0.3, -0.25) is 4.79 Å². The van der Waals surface area contributed by atoms with Crippen LogP contribution < -0.4 is 0 Å². The van der Waals surface area contributed by atoms with Crippen LogP contribution in [0.2, 0.25) is 0 Å². The first kappa shape index (κ1) is 32.5. The highest BCUT2D eigenvalue weighted by Crippen LogP contribution is 2.39. The molecule has 0 aliphatic rings. The standard InChI is InChI=1S/C35H22Cl4O5S2/c36-19-33-25-15-11-23(45(38,41)42)17-21(25)9-13-29(33)27-5-1-3-7-31(27)35(40)32-8-4-2-6-28(32)30-14-10-22-18-24(46(39,43)44)12-16-26(22)34(30)20-37/h1-18H,19-20H2. The Kier molecular flexibility index (Phi) is 8.93. The number of carbonyl (C=O) groups excluding carboxylic acids is 1. The first-order valence-electron chi connectivity index (χ1n) is 13.8. The number of halogens is 4. The Hall–Kier alpha value is -3.43. The zero-order valence-electron chi connectivity index (χ0n) is 23.7. The predicted molar refractivity (Wildman–Crippen MR) is 187 cm³/mol. The largest absolute Gasteiger partial charge is 0.289 e. The molecule has 11 heteroatoms. The van der Waals surface area contributed by atoms with Crippen molar-refractivity contribution >= 4 is 90.0 Å². The SMILES string of the molecule is O=C(c1ccccc1-c1ccc2cc(S(=O)(=O)Cl)ccc2c1CCl)c1ccccc1-c1ccc2cc(S(=O)(=O)Cl)ccc2c1CCl. The summed E-state index contributed by atoms with van der Waals surface area (Å²) >= 11 is 13.0. The lowest BCUT2D eigenvalue weighted by Crippen LogP contribution is -2.07. The maximum atomic E-state index is 14.4. The van der Waals surface area contributed by atoms with Crippen LogP contribution in [0.5, 0.6) is 0 Å². The Bertz CT molecular complexity index is 2260. The highest BCUT2D eigenvalue weighted by atomic mass is 35.7. The lowest BCUT2D eigenvalue weighted by molar-refractivity contribution is 0.104. The Morgan fingerprint density at radius 1 is 0.500 bits per heavy atom. The Balaban J connectivity index is 1.50. The van der Waals surface area contributed by atoms with Crippen LogP contribution in [0, 0.1) is 0 Å². The minimum absolute atomic E-state index is 0.0170. The fourth-order valence-corrected chi connectivity index (χ4v) is 7.97. The number of alkyl halides is 2. The van der Waals surface area contributed by atoms with Crippen molar-refractivity contribution in [3.05, 3.63) is 131 Å². The van der Waals surface area contributed by atoms with Gasteiger partial charge in [0.25, 0.3) is 18.1 Å². The molecule has 0 amide bonds. The molecule has 0 heterocycles. The number of ketones is 1. The van der Waals surface area contributed by atoms with Gasteiger partial charge in [0, 0.05) is 44.3 Å². The number of hydrogen-bond donors (Lipinski definition) is 0. The molecule has 0 spiro atoms. The van der Waals surface area contributed by atoms with Crippen molar-refractivity contribution in [1.29, 1.82) is 0 Å². The van der Waals surface area contributed by atoms with Gasteiger partial charge in [-0.1, -0.05) is 84.9 Å². The minimum atomic E-state index is -3.92. The van der Waals surface area contributed by atoms with Crippen molar-refractivity contribution in [3.8, 4) is 22.3 Å². The third-order valence-electron chi connectivity index (χ3n) is 7.96. The fraction of sp³-hybridized carbons (Fsp3) is 0.0571. The first-order valence-corrected chi connectivity index (χ1v) is 19.5. The molecule has 0 saturated heterocycles. The second-order valence-electron chi connectivity index (χ2n) is 10.5. The normalized spacial score (nSPS) is 12.1. The van der Waals surface area contributed by atoms with Gasteiger partial charge in [0.1, 0.15) is 0 Å². The zero-order valence-corrected chi connectivity index (χ0v) is 28.3. The molecule has 0 N–H and O–H groups in total. The minimum Gasteiger partial charge on any atom is -0.289 e. The maximum Gasteiger partial charge on any atom is 0.261 e. The Labute approximate surface area is 285 Å². The van der Waals surface area contributed by atoms with E-state index in [4.69, 9.17) is 44.6 Å². The van der Waals surface area contributed by atoms with Crippen molar-refractivity contribution in [2.24, 2.45) is 0 Å². The Morgan fingerprint density at radius 2 is 0.891 bits per heavy atom. The predicted octanol–water partition coefficient (Wildman–Crippen LogP) is 9.89. The van der Waals surface area contributed by atoms with E-state index < -0.39 is 18.1 Å². The number of fused-ring (bicyclic) bond motifs is 2. The lowest BCUT2D eigenvalue weighted by Gasteiger charge is -2.17. The molecule has 0 fully saturated rings. The van der Waals surface area contributed by atoms with Gasteiger partial charge in [0.15, 0.2) is 5.78 Å². The van der Waals surface area contributed by atoms with Crippen LogP contribution in [-0.4, -0.2) is 22.6 Å². The lowest BCUT2D eigenvalue weighted by atomic mass is 9.86. The van der Waals surface area contributed by atoms with Crippen molar-refractivity contribution in [1.82, 2.24) is 0 Å². The van der Waals surface area contributed by atoms with Crippen LogP contribution >= 0.6 is 44.6 Å². The van der Waals surface area contributed by atoms with Gasteiger partial charge in [-0.15, -0.1) is 23.2 Å². The van der Waals surface area contributed by atoms with Crippen molar-refractivity contribution in [3.63, 3.8) is 0 Å². The molecule has 0 saturated carbocycles. The summed E-state index contributed by atoms with van der Waals surface area (Å²) < 4.78 is 47.7.